The Hall–Kier alpha value is -2.73. The van der Waals surface area contributed by atoms with E-state index in [-0.39, 0.29) is 24.6 Å². The average Bonchev–Trinajstić information content (AvgIpc) is 3.10. The van der Waals surface area contributed by atoms with Crippen LogP contribution >= 0.6 is 11.6 Å². The quantitative estimate of drug-likeness (QED) is 0.774. The van der Waals surface area contributed by atoms with Gasteiger partial charge in [0.2, 0.25) is 11.5 Å². The predicted molar refractivity (Wildman–Crippen MR) is 89.9 cm³/mol. The van der Waals surface area contributed by atoms with Gasteiger partial charge in [-0.1, -0.05) is 35.0 Å². The first-order chi connectivity index (χ1) is 12.0. The van der Waals surface area contributed by atoms with E-state index >= 15 is 0 Å². The maximum absolute atomic E-state index is 13.1. The van der Waals surface area contributed by atoms with Gasteiger partial charge in [-0.2, -0.15) is 0 Å². The lowest BCUT2D eigenvalue weighted by molar-refractivity contribution is -0.136. The molecule has 2 aliphatic heterocycles. The number of hydrogen-bond donors (Lipinski definition) is 0. The summed E-state index contributed by atoms with van der Waals surface area (Å²) in [6.07, 6.45) is 0.0484. The van der Waals surface area contributed by atoms with Gasteiger partial charge in [-0.15, -0.1) is 0 Å². The van der Waals surface area contributed by atoms with E-state index < -0.39 is 11.5 Å². The van der Waals surface area contributed by atoms with Crippen LogP contribution in [-0.2, 0) is 14.4 Å². The molecule has 2 amide bonds. The van der Waals surface area contributed by atoms with Gasteiger partial charge < -0.3 is 4.84 Å². The maximum Gasteiger partial charge on any atom is 0.281 e. The van der Waals surface area contributed by atoms with Gasteiger partial charge >= 0.3 is 0 Å². The van der Waals surface area contributed by atoms with Gasteiger partial charge in [-0.3, -0.25) is 9.59 Å². The largest absolute Gasteiger partial charge is 0.378 e. The minimum absolute atomic E-state index is 0.105. The first kappa shape index (κ1) is 15.8. The number of benzene rings is 2. The topological polar surface area (TPSA) is 59.0 Å². The Kier molecular flexibility index (Phi) is 3.58. The van der Waals surface area contributed by atoms with Crippen LogP contribution in [0, 0.1) is 5.82 Å². The summed E-state index contributed by atoms with van der Waals surface area (Å²) in [5.41, 5.74) is 0.218. The Balaban J connectivity index is 1.61. The highest BCUT2D eigenvalue weighted by molar-refractivity contribution is 6.31. The molecule has 2 heterocycles. The summed E-state index contributed by atoms with van der Waals surface area (Å²) >= 11 is 5.95. The van der Waals surface area contributed by atoms with Gasteiger partial charge in [0, 0.05) is 11.4 Å². The summed E-state index contributed by atoms with van der Waals surface area (Å²) < 4.78 is 13.1. The van der Waals surface area contributed by atoms with Crippen molar-refractivity contribution in [3.8, 4) is 0 Å². The summed E-state index contributed by atoms with van der Waals surface area (Å²) in [6, 6.07) is 12.3. The van der Waals surface area contributed by atoms with Crippen LogP contribution < -0.4 is 4.90 Å². The Morgan fingerprint density at radius 2 is 1.88 bits per heavy atom. The van der Waals surface area contributed by atoms with E-state index in [0.29, 0.717) is 22.0 Å². The number of oxime groups is 1. The van der Waals surface area contributed by atoms with E-state index in [4.69, 9.17) is 16.4 Å². The van der Waals surface area contributed by atoms with Crippen LogP contribution in [0.5, 0.6) is 0 Å². The van der Waals surface area contributed by atoms with E-state index in [9.17, 15) is 14.0 Å². The van der Waals surface area contributed by atoms with Crippen LogP contribution in [0.2, 0.25) is 5.02 Å². The minimum Gasteiger partial charge on any atom is -0.378 e. The summed E-state index contributed by atoms with van der Waals surface area (Å²) in [4.78, 5) is 31.8. The lowest BCUT2D eigenvalue weighted by atomic mass is 9.92. The molecule has 0 bridgehead atoms. The highest BCUT2D eigenvalue weighted by Gasteiger charge is 2.58. The molecule has 2 aromatic carbocycles. The van der Waals surface area contributed by atoms with Crippen LogP contribution in [0.15, 0.2) is 53.7 Å². The number of hydrogen-bond acceptors (Lipinski definition) is 4. The van der Waals surface area contributed by atoms with Crippen molar-refractivity contribution in [2.45, 2.75) is 18.4 Å². The Morgan fingerprint density at radius 1 is 1.12 bits per heavy atom. The first-order valence-electron chi connectivity index (χ1n) is 7.62. The highest BCUT2D eigenvalue weighted by Crippen LogP contribution is 2.39. The third-order valence-corrected chi connectivity index (χ3v) is 4.54. The zero-order valence-corrected chi connectivity index (χ0v) is 13.7. The van der Waals surface area contributed by atoms with Crippen LogP contribution in [-0.4, -0.2) is 23.1 Å². The van der Waals surface area contributed by atoms with Crippen LogP contribution in [0.3, 0.4) is 0 Å². The van der Waals surface area contributed by atoms with Crippen molar-refractivity contribution < 1.29 is 18.8 Å². The molecular weight excluding hydrogens is 347 g/mol. The molecular formula is C18H12ClFN2O3. The molecule has 0 aliphatic carbocycles. The number of rotatable bonds is 2. The molecule has 5 nitrogen and oxygen atoms in total. The monoisotopic (exact) mass is 358 g/mol. The van der Waals surface area contributed by atoms with Gasteiger partial charge in [0.25, 0.3) is 5.91 Å². The number of amides is 2. The van der Waals surface area contributed by atoms with Gasteiger partial charge in [0.05, 0.1) is 17.8 Å². The van der Waals surface area contributed by atoms with Crippen molar-refractivity contribution in [1.82, 2.24) is 0 Å². The van der Waals surface area contributed by atoms with Crippen molar-refractivity contribution in [2.24, 2.45) is 5.16 Å². The van der Waals surface area contributed by atoms with E-state index in [2.05, 4.69) is 5.16 Å². The zero-order chi connectivity index (χ0) is 17.6. The van der Waals surface area contributed by atoms with Crippen LogP contribution in [0.1, 0.15) is 18.4 Å². The highest BCUT2D eigenvalue weighted by atomic mass is 35.5. The minimum atomic E-state index is -1.34. The second kappa shape index (κ2) is 5.67. The van der Waals surface area contributed by atoms with E-state index in [1.165, 1.54) is 12.1 Å². The van der Waals surface area contributed by atoms with Crippen molar-refractivity contribution in [1.29, 1.82) is 0 Å². The Labute approximate surface area is 147 Å². The molecule has 126 valence electrons. The molecule has 0 aromatic heterocycles. The molecule has 4 rings (SSSR count). The summed E-state index contributed by atoms with van der Waals surface area (Å²) in [5.74, 6) is -1.21. The fourth-order valence-electron chi connectivity index (χ4n) is 3.08. The molecule has 1 saturated heterocycles. The van der Waals surface area contributed by atoms with Crippen molar-refractivity contribution in [3.63, 3.8) is 0 Å². The Morgan fingerprint density at radius 3 is 2.60 bits per heavy atom. The van der Waals surface area contributed by atoms with Gasteiger partial charge in [-0.05, 0) is 35.9 Å². The van der Waals surface area contributed by atoms with Gasteiger partial charge in [0.15, 0.2) is 0 Å². The summed E-state index contributed by atoms with van der Waals surface area (Å²) in [7, 11) is 0. The molecule has 1 atom stereocenters. The standard InChI is InChI=1S/C18H12ClFN2O3/c19-12-2-1-3-14(8-12)22-16(23)10-18(17(22)24)9-15(21-25-18)11-4-6-13(20)7-5-11/h1-8H,9-10H2/t18-/m1/s1. The normalized spacial score (nSPS) is 22.5. The number of anilines is 1. The number of halogens is 2. The van der Waals surface area contributed by atoms with Crippen molar-refractivity contribution in [3.05, 3.63) is 64.9 Å². The van der Waals surface area contributed by atoms with Crippen molar-refractivity contribution >= 4 is 34.8 Å². The second-order valence-corrected chi connectivity index (χ2v) is 6.43. The molecule has 25 heavy (non-hydrogen) atoms. The number of imide groups is 1. The average molecular weight is 359 g/mol. The summed E-state index contributed by atoms with van der Waals surface area (Å²) in [6.45, 7) is 0. The lowest BCUT2D eigenvalue weighted by Gasteiger charge is -2.19. The Bertz CT molecular complexity index is 913. The van der Waals surface area contributed by atoms with Gasteiger partial charge in [-0.25, -0.2) is 9.29 Å². The smallest absolute Gasteiger partial charge is 0.281 e. The first-order valence-corrected chi connectivity index (χ1v) is 8.00. The third kappa shape index (κ3) is 2.59. The van der Waals surface area contributed by atoms with Gasteiger partial charge in [0.1, 0.15) is 5.82 Å². The SMILES string of the molecule is O=C1C[C@]2(CC(c3ccc(F)cc3)=NO2)C(=O)N1c1cccc(Cl)c1. The molecule has 2 aromatic rings. The number of nitrogens with zero attached hydrogens (tertiary/aromatic N) is 2. The number of carbonyl (C=O) groups is 2. The van der Waals surface area contributed by atoms with E-state index in [1.54, 1.807) is 36.4 Å². The molecule has 7 heteroatoms. The van der Waals surface area contributed by atoms with Crippen molar-refractivity contribution in [2.75, 3.05) is 4.90 Å². The van der Waals surface area contributed by atoms with Crippen LogP contribution in [0.25, 0.3) is 0 Å². The molecule has 1 spiro atoms. The molecule has 0 N–H and O–H groups in total. The second-order valence-electron chi connectivity index (χ2n) is 6.00. The lowest BCUT2D eigenvalue weighted by Crippen LogP contribution is -2.40. The third-order valence-electron chi connectivity index (χ3n) is 4.31. The molecule has 0 radical (unpaired) electrons. The molecule has 0 saturated carbocycles. The molecule has 1 fully saturated rings. The fraction of sp³-hybridized carbons (Fsp3) is 0.167. The van der Waals surface area contributed by atoms with Crippen LogP contribution in [0.4, 0.5) is 10.1 Å². The predicted octanol–water partition coefficient (Wildman–Crippen LogP) is 3.31. The zero-order valence-electron chi connectivity index (χ0n) is 12.9. The molecule has 0 unspecified atom stereocenters. The molecule has 2 aliphatic rings. The van der Waals surface area contributed by atoms with E-state index in [1.807, 2.05) is 0 Å². The number of carbonyl (C=O) groups excluding carboxylic acids is 2. The fourth-order valence-corrected chi connectivity index (χ4v) is 3.26. The maximum atomic E-state index is 13.1. The van der Waals surface area contributed by atoms with E-state index in [0.717, 1.165) is 4.90 Å². The summed E-state index contributed by atoms with van der Waals surface area (Å²) in [5, 5.41) is 4.40.